The summed E-state index contributed by atoms with van der Waals surface area (Å²) in [5.74, 6) is 2.18. The summed E-state index contributed by atoms with van der Waals surface area (Å²) in [4.78, 5) is 22.0. The highest BCUT2D eigenvalue weighted by atomic mass is 16.2. The summed E-state index contributed by atoms with van der Waals surface area (Å²) in [6.45, 7) is 7.48. The van der Waals surface area contributed by atoms with Crippen molar-refractivity contribution in [2.45, 2.75) is 39.3 Å². The van der Waals surface area contributed by atoms with Gasteiger partial charge in [0.1, 0.15) is 5.82 Å². The quantitative estimate of drug-likeness (QED) is 0.785. The fourth-order valence-corrected chi connectivity index (χ4v) is 3.36. The second-order valence-corrected chi connectivity index (χ2v) is 6.67. The molecular weight excluding hydrogens is 304 g/mol. The van der Waals surface area contributed by atoms with Gasteiger partial charge in [-0.05, 0) is 25.1 Å². The number of nitrogens with one attached hydrogen (secondary N) is 1. The van der Waals surface area contributed by atoms with Crippen molar-refractivity contribution in [1.82, 2.24) is 29.6 Å². The molecule has 0 spiro atoms. The number of aromatic nitrogens is 5. The van der Waals surface area contributed by atoms with Crippen molar-refractivity contribution in [3.63, 3.8) is 0 Å². The third kappa shape index (κ3) is 2.28. The minimum atomic E-state index is 0.0127. The molecule has 0 fully saturated rings. The Kier molecular flexibility index (Phi) is 3.37. The Bertz CT molecular complexity index is 909. The monoisotopic (exact) mass is 324 g/mol. The standard InChI is InChI=1S/C17H20N6O/c1-10(2)16-21-20-15-8-22(7-11(3)23(15)16)17(24)12-4-5-13-14(6-12)19-9-18-13/h4-6,9-11H,7-8H2,1-3H3,(H,18,19)/t11-/m0/s1. The van der Waals surface area contributed by atoms with Gasteiger partial charge in [-0.25, -0.2) is 4.98 Å². The third-order valence-electron chi connectivity index (χ3n) is 4.52. The Balaban J connectivity index is 1.64. The normalized spacial score (nSPS) is 17.5. The predicted molar refractivity (Wildman–Crippen MR) is 89.7 cm³/mol. The molecule has 24 heavy (non-hydrogen) atoms. The summed E-state index contributed by atoms with van der Waals surface area (Å²) in [6, 6.07) is 5.72. The van der Waals surface area contributed by atoms with E-state index in [0.717, 1.165) is 22.7 Å². The summed E-state index contributed by atoms with van der Waals surface area (Å²) < 4.78 is 2.17. The van der Waals surface area contributed by atoms with Crippen LogP contribution in [0.5, 0.6) is 0 Å². The van der Waals surface area contributed by atoms with Gasteiger partial charge in [0.2, 0.25) is 0 Å². The van der Waals surface area contributed by atoms with Crippen LogP contribution in [0, 0.1) is 0 Å². The van der Waals surface area contributed by atoms with E-state index in [9.17, 15) is 4.79 Å². The second kappa shape index (κ2) is 5.43. The molecule has 0 unspecified atom stereocenters. The average Bonchev–Trinajstić information content (AvgIpc) is 3.19. The van der Waals surface area contributed by atoms with E-state index in [0.29, 0.717) is 24.6 Å². The highest BCUT2D eigenvalue weighted by molar-refractivity contribution is 5.97. The fourth-order valence-electron chi connectivity index (χ4n) is 3.36. The summed E-state index contributed by atoms with van der Waals surface area (Å²) >= 11 is 0. The van der Waals surface area contributed by atoms with Crippen LogP contribution in [0.15, 0.2) is 24.5 Å². The van der Waals surface area contributed by atoms with E-state index in [1.807, 2.05) is 23.1 Å². The number of hydrogen-bond acceptors (Lipinski definition) is 4. The maximum absolute atomic E-state index is 12.9. The van der Waals surface area contributed by atoms with Crippen molar-refractivity contribution >= 4 is 16.9 Å². The molecule has 0 bridgehead atoms. The molecule has 0 saturated carbocycles. The van der Waals surface area contributed by atoms with Crippen LogP contribution in [0.3, 0.4) is 0 Å². The predicted octanol–water partition coefficient (Wildman–Crippen LogP) is 2.49. The van der Waals surface area contributed by atoms with E-state index >= 15 is 0 Å². The van der Waals surface area contributed by atoms with E-state index < -0.39 is 0 Å². The van der Waals surface area contributed by atoms with E-state index in [1.54, 1.807) is 6.33 Å². The van der Waals surface area contributed by atoms with Gasteiger partial charge in [-0.3, -0.25) is 4.79 Å². The van der Waals surface area contributed by atoms with Gasteiger partial charge < -0.3 is 14.5 Å². The van der Waals surface area contributed by atoms with Crippen LogP contribution in [0.2, 0.25) is 0 Å². The molecule has 1 aromatic carbocycles. The molecule has 124 valence electrons. The molecule has 1 atom stereocenters. The zero-order valence-electron chi connectivity index (χ0n) is 14.0. The molecule has 7 heteroatoms. The lowest BCUT2D eigenvalue weighted by Crippen LogP contribution is -2.40. The van der Waals surface area contributed by atoms with Crippen LogP contribution in [-0.4, -0.2) is 42.1 Å². The van der Waals surface area contributed by atoms with E-state index in [-0.39, 0.29) is 11.9 Å². The molecule has 0 aliphatic carbocycles. The lowest BCUT2D eigenvalue weighted by Gasteiger charge is -2.33. The number of fused-ring (bicyclic) bond motifs is 2. The molecule has 1 N–H and O–H groups in total. The van der Waals surface area contributed by atoms with Crippen LogP contribution in [0.1, 0.15) is 54.7 Å². The first kappa shape index (κ1) is 14.9. The third-order valence-corrected chi connectivity index (χ3v) is 4.52. The molecule has 4 rings (SSSR count). The molecule has 0 saturated heterocycles. The topological polar surface area (TPSA) is 79.7 Å². The summed E-state index contributed by atoms with van der Waals surface area (Å²) in [5.41, 5.74) is 2.40. The van der Waals surface area contributed by atoms with Crippen LogP contribution in [0.25, 0.3) is 11.0 Å². The number of carbonyl (C=O) groups excluding carboxylic acids is 1. The molecule has 2 aromatic heterocycles. The SMILES string of the molecule is CC(C)c1nnc2n1[C@@H](C)CN(C(=O)c1ccc3nc[nH]c3c1)C2. The minimum Gasteiger partial charge on any atom is -0.345 e. The van der Waals surface area contributed by atoms with Crippen molar-refractivity contribution in [2.24, 2.45) is 0 Å². The molecule has 3 heterocycles. The lowest BCUT2D eigenvalue weighted by molar-refractivity contribution is 0.0679. The van der Waals surface area contributed by atoms with Crippen molar-refractivity contribution in [3.8, 4) is 0 Å². The van der Waals surface area contributed by atoms with Crippen molar-refractivity contribution in [2.75, 3.05) is 6.54 Å². The number of carbonyl (C=O) groups is 1. The summed E-state index contributed by atoms with van der Waals surface area (Å²) in [7, 11) is 0. The van der Waals surface area contributed by atoms with Crippen LogP contribution < -0.4 is 0 Å². The molecule has 1 aliphatic rings. The zero-order chi connectivity index (χ0) is 16.8. The Morgan fingerprint density at radius 3 is 2.96 bits per heavy atom. The summed E-state index contributed by atoms with van der Waals surface area (Å²) in [6.07, 6.45) is 1.64. The number of hydrogen-bond donors (Lipinski definition) is 1. The Morgan fingerprint density at radius 2 is 2.17 bits per heavy atom. The average molecular weight is 324 g/mol. The highest BCUT2D eigenvalue weighted by Crippen LogP contribution is 2.26. The molecular formula is C17H20N6O. The second-order valence-electron chi connectivity index (χ2n) is 6.67. The Morgan fingerprint density at radius 1 is 1.33 bits per heavy atom. The maximum Gasteiger partial charge on any atom is 0.254 e. The van der Waals surface area contributed by atoms with Gasteiger partial charge in [-0.15, -0.1) is 10.2 Å². The van der Waals surface area contributed by atoms with E-state index in [2.05, 4.69) is 45.5 Å². The van der Waals surface area contributed by atoms with Crippen molar-refractivity contribution in [3.05, 3.63) is 41.7 Å². The highest BCUT2D eigenvalue weighted by Gasteiger charge is 2.30. The van der Waals surface area contributed by atoms with Gasteiger partial charge in [-0.2, -0.15) is 0 Å². The Labute approximate surface area is 139 Å². The van der Waals surface area contributed by atoms with Gasteiger partial charge in [0.05, 0.1) is 29.9 Å². The fraction of sp³-hybridized carbons (Fsp3) is 0.412. The van der Waals surface area contributed by atoms with E-state index in [4.69, 9.17) is 0 Å². The number of H-pyrrole nitrogens is 1. The molecule has 1 amide bonds. The number of imidazole rings is 1. The minimum absolute atomic E-state index is 0.0127. The van der Waals surface area contributed by atoms with Gasteiger partial charge in [0.25, 0.3) is 5.91 Å². The first-order chi connectivity index (χ1) is 11.5. The van der Waals surface area contributed by atoms with Gasteiger partial charge >= 0.3 is 0 Å². The zero-order valence-corrected chi connectivity index (χ0v) is 14.0. The van der Waals surface area contributed by atoms with Crippen LogP contribution in [0.4, 0.5) is 0 Å². The molecule has 1 aliphatic heterocycles. The van der Waals surface area contributed by atoms with Crippen LogP contribution in [-0.2, 0) is 6.54 Å². The maximum atomic E-state index is 12.9. The van der Waals surface area contributed by atoms with Crippen LogP contribution >= 0.6 is 0 Å². The number of aromatic amines is 1. The number of amides is 1. The van der Waals surface area contributed by atoms with E-state index in [1.165, 1.54) is 0 Å². The summed E-state index contributed by atoms with van der Waals surface area (Å²) in [5, 5.41) is 8.61. The molecule has 3 aromatic rings. The molecule has 7 nitrogen and oxygen atoms in total. The van der Waals surface area contributed by atoms with Crippen molar-refractivity contribution < 1.29 is 4.79 Å². The van der Waals surface area contributed by atoms with Crippen molar-refractivity contribution in [1.29, 1.82) is 0 Å². The largest absolute Gasteiger partial charge is 0.345 e. The smallest absolute Gasteiger partial charge is 0.254 e. The first-order valence-electron chi connectivity index (χ1n) is 8.20. The Hall–Kier alpha value is -2.70. The number of benzene rings is 1. The number of nitrogens with zero attached hydrogens (tertiary/aromatic N) is 5. The molecule has 0 radical (unpaired) electrons. The number of rotatable bonds is 2. The van der Waals surface area contributed by atoms with Gasteiger partial charge in [0.15, 0.2) is 5.82 Å². The van der Waals surface area contributed by atoms with Gasteiger partial charge in [-0.1, -0.05) is 13.8 Å². The first-order valence-corrected chi connectivity index (χ1v) is 8.20. The van der Waals surface area contributed by atoms with Gasteiger partial charge in [0, 0.05) is 18.0 Å². The lowest BCUT2D eigenvalue weighted by atomic mass is 10.1.